The molecule has 2 unspecified atom stereocenters. The SMILES string of the molecule is CCC1CCC(Nc2cccnc2-n2cccn2)C1. The number of rotatable bonds is 4. The molecule has 2 aromatic heterocycles. The van der Waals surface area contributed by atoms with Crippen molar-refractivity contribution in [2.24, 2.45) is 5.92 Å². The van der Waals surface area contributed by atoms with E-state index in [4.69, 9.17) is 0 Å². The van der Waals surface area contributed by atoms with Crippen molar-refractivity contribution in [3.63, 3.8) is 0 Å². The van der Waals surface area contributed by atoms with Crippen molar-refractivity contribution in [1.82, 2.24) is 14.8 Å². The maximum Gasteiger partial charge on any atom is 0.176 e. The van der Waals surface area contributed by atoms with Crippen LogP contribution < -0.4 is 5.32 Å². The molecule has 19 heavy (non-hydrogen) atoms. The monoisotopic (exact) mass is 256 g/mol. The molecule has 0 radical (unpaired) electrons. The number of anilines is 1. The van der Waals surface area contributed by atoms with Gasteiger partial charge >= 0.3 is 0 Å². The number of hydrogen-bond acceptors (Lipinski definition) is 3. The Hall–Kier alpha value is -1.84. The molecule has 2 aromatic rings. The zero-order valence-electron chi connectivity index (χ0n) is 11.3. The van der Waals surface area contributed by atoms with Crippen LogP contribution in [-0.2, 0) is 0 Å². The lowest BCUT2D eigenvalue weighted by atomic mass is 10.1. The summed E-state index contributed by atoms with van der Waals surface area (Å²) in [7, 11) is 0. The van der Waals surface area contributed by atoms with Gasteiger partial charge in [-0.2, -0.15) is 5.10 Å². The molecule has 2 atom stereocenters. The van der Waals surface area contributed by atoms with Crippen LogP contribution in [0.25, 0.3) is 5.82 Å². The van der Waals surface area contributed by atoms with Gasteiger partial charge in [0, 0.05) is 24.6 Å². The van der Waals surface area contributed by atoms with Crippen LogP contribution in [0.2, 0.25) is 0 Å². The van der Waals surface area contributed by atoms with Crippen LogP contribution in [-0.4, -0.2) is 20.8 Å². The van der Waals surface area contributed by atoms with Gasteiger partial charge in [-0.1, -0.05) is 13.3 Å². The number of pyridine rings is 1. The lowest BCUT2D eigenvalue weighted by molar-refractivity contribution is 0.525. The maximum atomic E-state index is 4.44. The third kappa shape index (κ3) is 2.62. The predicted molar refractivity (Wildman–Crippen MR) is 76.4 cm³/mol. The van der Waals surface area contributed by atoms with E-state index in [0.717, 1.165) is 17.4 Å². The van der Waals surface area contributed by atoms with E-state index in [9.17, 15) is 0 Å². The highest BCUT2D eigenvalue weighted by molar-refractivity contribution is 5.56. The Morgan fingerprint density at radius 1 is 1.32 bits per heavy atom. The van der Waals surface area contributed by atoms with E-state index >= 15 is 0 Å². The molecule has 4 heteroatoms. The van der Waals surface area contributed by atoms with Crippen molar-refractivity contribution in [2.45, 2.75) is 38.6 Å². The van der Waals surface area contributed by atoms with Gasteiger partial charge in [-0.25, -0.2) is 9.67 Å². The minimum atomic E-state index is 0.573. The van der Waals surface area contributed by atoms with Crippen LogP contribution in [0.15, 0.2) is 36.8 Å². The third-order valence-electron chi connectivity index (χ3n) is 3.99. The molecule has 4 nitrogen and oxygen atoms in total. The molecule has 1 saturated carbocycles. The molecule has 1 aliphatic rings. The van der Waals surface area contributed by atoms with Gasteiger partial charge in [0.15, 0.2) is 5.82 Å². The zero-order valence-corrected chi connectivity index (χ0v) is 11.3. The first-order valence-electron chi connectivity index (χ1n) is 7.08. The van der Waals surface area contributed by atoms with Crippen molar-refractivity contribution in [3.05, 3.63) is 36.8 Å². The van der Waals surface area contributed by atoms with Crippen molar-refractivity contribution in [3.8, 4) is 5.82 Å². The number of nitrogens with one attached hydrogen (secondary N) is 1. The predicted octanol–water partition coefficient (Wildman–Crippen LogP) is 3.26. The van der Waals surface area contributed by atoms with Gasteiger partial charge < -0.3 is 5.32 Å². The number of aromatic nitrogens is 3. The van der Waals surface area contributed by atoms with Crippen molar-refractivity contribution in [1.29, 1.82) is 0 Å². The lowest BCUT2D eigenvalue weighted by Gasteiger charge is -2.16. The first-order chi connectivity index (χ1) is 9.36. The molecule has 3 rings (SSSR count). The second kappa shape index (κ2) is 5.43. The summed E-state index contributed by atoms with van der Waals surface area (Å²) >= 11 is 0. The molecule has 0 saturated heterocycles. The third-order valence-corrected chi connectivity index (χ3v) is 3.99. The summed E-state index contributed by atoms with van der Waals surface area (Å²) in [4.78, 5) is 4.44. The van der Waals surface area contributed by atoms with E-state index in [1.165, 1.54) is 25.7 Å². The first kappa shape index (κ1) is 12.2. The van der Waals surface area contributed by atoms with Crippen LogP contribution in [0, 0.1) is 5.92 Å². The van der Waals surface area contributed by atoms with Gasteiger partial charge in [-0.3, -0.25) is 0 Å². The molecule has 1 aliphatic carbocycles. The molecule has 1 N–H and O–H groups in total. The lowest BCUT2D eigenvalue weighted by Crippen LogP contribution is -2.17. The highest BCUT2D eigenvalue weighted by atomic mass is 15.3. The van der Waals surface area contributed by atoms with Gasteiger partial charge in [0.2, 0.25) is 0 Å². The molecule has 0 amide bonds. The highest BCUT2D eigenvalue weighted by Gasteiger charge is 2.23. The molecule has 2 heterocycles. The Morgan fingerprint density at radius 3 is 3.00 bits per heavy atom. The fourth-order valence-electron chi connectivity index (χ4n) is 2.88. The van der Waals surface area contributed by atoms with Gasteiger partial charge in [0.1, 0.15) is 0 Å². The van der Waals surface area contributed by atoms with E-state index in [0.29, 0.717) is 6.04 Å². The van der Waals surface area contributed by atoms with Gasteiger partial charge in [-0.05, 0) is 43.4 Å². The number of hydrogen-bond donors (Lipinski definition) is 1. The van der Waals surface area contributed by atoms with Crippen LogP contribution in [0.4, 0.5) is 5.69 Å². The summed E-state index contributed by atoms with van der Waals surface area (Å²) in [6.07, 6.45) is 10.7. The molecule has 0 bridgehead atoms. The fourth-order valence-corrected chi connectivity index (χ4v) is 2.88. The zero-order chi connectivity index (χ0) is 13.1. The first-order valence-corrected chi connectivity index (χ1v) is 7.08. The Bertz CT molecular complexity index is 521. The second-order valence-corrected chi connectivity index (χ2v) is 5.25. The van der Waals surface area contributed by atoms with Gasteiger partial charge in [0.05, 0.1) is 5.69 Å². The number of nitrogens with zero attached hydrogens (tertiary/aromatic N) is 3. The maximum absolute atomic E-state index is 4.44. The Kier molecular flexibility index (Phi) is 3.49. The largest absolute Gasteiger partial charge is 0.379 e. The fraction of sp³-hybridized carbons (Fsp3) is 0.467. The summed E-state index contributed by atoms with van der Waals surface area (Å²) in [6.45, 7) is 2.28. The van der Waals surface area contributed by atoms with Crippen molar-refractivity contribution >= 4 is 5.69 Å². The van der Waals surface area contributed by atoms with Crippen LogP contribution in [0.5, 0.6) is 0 Å². The van der Waals surface area contributed by atoms with Crippen LogP contribution in [0.3, 0.4) is 0 Å². The average Bonchev–Trinajstić information content (AvgIpc) is 3.10. The Balaban J connectivity index is 1.78. The smallest absolute Gasteiger partial charge is 0.176 e. The average molecular weight is 256 g/mol. The minimum Gasteiger partial charge on any atom is -0.379 e. The normalized spacial score (nSPS) is 22.6. The molecule has 1 fully saturated rings. The quantitative estimate of drug-likeness (QED) is 0.913. The topological polar surface area (TPSA) is 42.7 Å². The molecular weight excluding hydrogens is 236 g/mol. The molecule has 100 valence electrons. The summed E-state index contributed by atoms with van der Waals surface area (Å²) in [5.74, 6) is 1.76. The van der Waals surface area contributed by atoms with E-state index in [1.807, 2.05) is 29.2 Å². The summed E-state index contributed by atoms with van der Waals surface area (Å²) < 4.78 is 1.81. The van der Waals surface area contributed by atoms with E-state index < -0.39 is 0 Å². The minimum absolute atomic E-state index is 0.573. The Labute approximate surface area is 113 Å². The van der Waals surface area contributed by atoms with E-state index in [2.05, 4.69) is 28.4 Å². The van der Waals surface area contributed by atoms with Crippen LogP contribution >= 0.6 is 0 Å². The summed E-state index contributed by atoms with van der Waals surface area (Å²) in [5, 5.41) is 7.91. The van der Waals surface area contributed by atoms with E-state index in [-0.39, 0.29) is 0 Å². The van der Waals surface area contributed by atoms with Crippen LogP contribution in [0.1, 0.15) is 32.6 Å². The van der Waals surface area contributed by atoms with Gasteiger partial charge in [0.25, 0.3) is 0 Å². The Morgan fingerprint density at radius 2 is 2.26 bits per heavy atom. The molecule has 0 spiro atoms. The molecule has 0 aromatic carbocycles. The standard InChI is InChI=1S/C15H20N4/c1-2-12-6-7-13(11-12)18-14-5-3-8-16-15(14)19-10-4-9-17-19/h3-5,8-10,12-13,18H,2,6-7,11H2,1H3. The highest BCUT2D eigenvalue weighted by Crippen LogP contribution is 2.31. The summed E-state index contributed by atoms with van der Waals surface area (Å²) in [6, 6.07) is 6.55. The molecular formula is C15H20N4. The van der Waals surface area contributed by atoms with Gasteiger partial charge in [-0.15, -0.1) is 0 Å². The van der Waals surface area contributed by atoms with Crippen molar-refractivity contribution in [2.75, 3.05) is 5.32 Å². The van der Waals surface area contributed by atoms with E-state index in [1.54, 1.807) is 6.20 Å². The van der Waals surface area contributed by atoms with Crippen molar-refractivity contribution < 1.29 is 0 Å². The second-order valence-electron chi connectivity index (χ2n) is 5.25. The molecule has 0 aliphatic heterocycles. The summed E-state index contributed by atoms with van der Waals surface area (Å²) in [5.41, 5.74) is 1.08.